The summed E-state index contributed by atoms with van der Waals surface area (Å²) in [7, 11) is 0. The first-order valence-electron chi connectivity index (χ1n) is 6.23. The van der Waals surface area contributed by atoms with Gasteiger partial charge in [-0.25, -0.2) is 0 Å². The Balaban J connectivity index is 1.62. The average Bonchev–Trinajstić information content (AvgIpc) is 2.63. The molecule has 1 aromatic rings. The molecule has 2 heteroatoms. The van der Waals surface area contributed by atoms with E-state index in [2.05, 4.69) is 16.8 Å². The standard InChI is InChI=1S/C13H19NS/c1-3-10(4-1)9-14-12-5-2-6-13-11(12)7-8-15-13/h7-8,10,12,14H,1-6,9H2. The van der Waals surface area contributed by atoms with Gasteiger partial charge < -0.3 is 5.32 Å². The van der Waals surface area contributed by atoms with E-state index >= 15 is 0 Å². The molecule has 1 atom stereocenters. The predicted octanol–water partition coefficient (Wildman–Crippen LogP) is 3.52. The highest BCUT2D eigenvalue weighted by molar-refractivity contribution is 7.10. The molecular weight excluding hydrogens is 202 g/mol. The summed E-state index contributed by atoms with van der Waals surface area (Å²) in [4.78, 5) is 1.63. The minimum Gasteiger partial charge on any atom is -0.310 e. The van der Waals surface area contributed by atoms with Gasteiger partial charge >= 0.3 is 0 Å². The molecule has 1 aromatic heterocycles. The monoisotopic (exact) mass is 221 g/mol. The smallest absolute Gasteiger partial charge is 0.0331 e. The molecular formula is C13H19NS. The van der Waals surface area contributed by atoms with Crippen LogP contribution in [0.15, 0.2) is 11.4 Å². The molecule has 2 aliphatic carbocycles. The fourth-order valence-corrected chi connectivity index (χ4v) is 3.69. The molecule has 15 heavy (non-hydrogen) atoms. The lowest BCUT2D eigenvalue weighted by Gasteiger charge is -2.30. The number of rotatable bonds is 3. The minimum atomic E-state index is 0.667. The Morgan fingerprint density at radius 2 is 2.20 bits per heavy atom. The first kappa shape index (κ1) is 9.86. The minimum absolute atomic E-state index is 0.667. The normalized spacial score (nSPS) is 26.0. The molecule has 0 spiro atoms. The maximum Gasteiger partial charge on any atom is 0.0331 e. The van der Waals surface area contributed by atoms with Gasteiger partial charge in [0.15, 0.2) is 0 Å². The van der Waals surface area contributed by atoms with Crippen LogP contribution >= 0.6 is 11.3 Å². The second kappa shape index (κ2) is 4.26. The third-order valence-electron chi connectivity index (χ3n) is 3.93. The van der Waals surface area contributed by atoms with Gasteiger partial charge in [-0.05, 0) is 61.6 Å². The van der Waals surface area contributed by atoms with Crippen LogP contribution in [-0.4, -0.2) is 6.54 Å². The van der Waals surface area contributed by atoms with Crippen molar-refractivity contribution < 1.29 is 0 Å². The Kier molecular flexibility index (Phi) is 2.80. The molecule has 0 aromatic carbocycles. The van der Waals surface area contributed by atoms with Crippen LogP contribution in [0.4, 0.5) is 0 Å². The second-order valence-corrected chi connectivity index (χ2v) is 5.95. The van der Waals surface area contributed by atoms with Crippen LogP contribution in [-0.2, 0) is 6.42 Å². The zero-order valence-electron chi connectivity index (χ0n) is 9.17. The molecule has 0 radical (unpaired) electrons. The summed E-state index contributed by atoms with van der Waals surface area (Å²) in [6, 6.07) is 3.00. The summed E-state index contributed by atoms with van der Waals surface area (Å²) in [5, 5.41) is 6.03. The van der Waals surface area contributed by atoms with Gasteiger partial charge in [0.2, 0.25) is 0 Å². The topological polar surface area (TPSA) is 12.0 Å². The molecule has 1 unspecified atom stereocenters. The van der Waals surface area contributed by atoms with Crippen LogP contribution in [0.25, 0.3) is 0 Å². The summed E-state index contributed by atoms with van der Waals surface area (Å²) < 4.78 is 0. The fraction of sp³-hybridized carbons (Fsp3) is 0.692. The Bertz CT molecular complexity index is 327. The largest absolute Gasteiger partial charge is 0.310 e. The van der Waals surface area contributed by atoms with E-state index in [0.717, 1.165) is 5.92 Å². The molecule has 82 valence electrons. The molecule has 1 N–H and O–H groups in total. The third kappa shape index (κ3) is 1.98. The van der Waals surface area contributed by atoms with E-state index in [4.69, 9.17) is 0 Å². The lowest BCUT2D eigenvalue weighted by Crippen LogP contribution is -2.31. The summed E-state index contributed by atoms with van der Waals surface area (Å²) in [5.74, 6) is 0.981. The van der Waals surface area contributed by atoms with Gasteiger partial charge in [-0.1, -0.05) is 6.42 Å². The van der Waals surface area contributed by atoms with Crippen LogP contribution in [0.2, 0.25) is 0 Å². The van der Waals surface area contributed by atoms with Crippen molar-refractivity contribution in [2.45, 2.75) is 44.6 Å². The zero-order chi connectivity index (χ0) is 10.1. The zero-order valence-corrected chi connectivity index (χ0v) is 9.98. The predicted molar refractivity (Wildman–Crippen MR) is 65.3 cm³/mol. The van der Waals surface area contributed by atoms with Gasteiger partial charge in [0.25, 0.3) is 0 Å². The first-order valence-corrected chi connectivity index (χ1v) is 7.11. The van der Waals surface area contributed by atoms with Crippen molar-refractivity contribution in [3.05, 3.63) is 21.9 Å². The fourth-order valence-electron chi connectivity index (χ4n) is 2.70. The van der Waals surface area contributed by atoms with E-state index in [9.17, 15) is 0 Å². The molecule has 0 saturated heterocycles. The quantitative estimate of drug-likeness (QED) is 0.823. The number of thiophene rings is 1. The van der Waals surface area contributed by atoms with E-state index in [1.54, 1.807) is 10.4 Å². The molecule has 1 heterocycles. The highest BCUT2D eigenvalue weighted by Crippen LogP contribution is 2.34. The van der Waals surface area contributed by atoms with Gasteiger partial charge in [-0.3, -0.25) is 0 Å². The van der Waals surface area contributed by atoms with Crippen LogP contribution in [0.1, 0.15) is 48.6 Å². The summed E-state index contributed by atoms with van der Waals surface area (Å²) in [5.41, 5.74) is 1.60. The number of aryl methyl sites for hydroxylation is 1. The maximum absolute atomic E-state index is 3.77. The Morgan fingerprint density at radius 1 is 1.27 bits per heavy atom. The van der Waals surface area contributed by atoms with Crippen molar-refractivity contribution in [3.8, 4) is 0 Å². The van der Waals surface area contributed by atoms with Crippen molar-refractivity contribution in [1.29, 1.82) is 0 Å². The highest BCUT2D eigenvalue weighted by Gasteiger charge is 2.23. The van der Waals surface area contributed by atoms with E-state index in [1.807, 2.05) is 11.3 Å². The van der Waals surface area contributed by atoms with Crippen LogP contribution < -0.4 is 5.32 Å². The first-order chi connectivity index (χ1) is 7.43. The summed E-state index contributed by atoms with van der Waals surface area (Å²) in [6.07, 6.45) is 8.40. The van der Waals surface area contributed by atoms with Crippen molar-refractivity contribution in [3.63, 3.8) is 0 Å². The van der Waals surface area contributed by atoms with Crippen molar-refractivity contribution in [2.24, 2.45) is 5.92 Å². The van der Waals surface area contributed by atoms with E-state index in [-0.39, 0.29) is 0 Å². The molecule has 1 fully saturated rings. The number of fused-ring (bicyclic) bond motifs is 1. The maximum atomic E-state index is 3.77. The highest BCUT2D eigenvalue weighted by atomic mass is 32.1. The Hall–Kier alpha value is -0.340. The summed E-state index contributed by atoms with van der Waals surface area (Å²) in [6.45, 7) is 1.25. The van der Waals surface area contributed by atoms with E-state index in [0.29, 0.717) is 6.04 Å². The van der Waals surface area contributed by atoms with Crippen molar-refractivity contribution >= 4 is 11.3 Å². The summed E-state index contributed by atoms with van der Waals surface area (Å²) >= 11 is 1.94. The molecule has 0 amide bonds. The van der Waals surface area contributed by atoms with Gasteiger partial charge in [0.1, 0.15) is 0 Å². The third-order valence-corrected chi connectivity index (χ3v) is 4.93. The Labute approximate surface area is 95.9 Å². The van der Waals surface area contributed by atoms with Gasteiger partial charge in [-0.15, -0.1) is 11.3 Å². The van der Waals surface area contributed by atoms with Crippen molar-refractivity contribution in [2.75, 3.05) is 6.54 Å². The molecule has 2 aliphatic rings. The van der Waals surface area contributed by atoms with Crippen LogP contribution in [0, 0.1) is 5.92 Å². The van der Waals surface area contributed by atoms with E-state index in [1.165, 1.54) is 45.1 Å². The average molecular weight is 221 g/mol. The van der Waals surface area contributed by atoms with Gasteiger partial charge in [-0.2, -0.15) is 0 Å². The number of hydrogen-bond donors (Lipinski definition) is 1. The molecule has 1 nitrogen and oxygen atoms in total. The molecule has 3 rings (SSSR count). The molecule has 0 aliphatic heterocycles. The SMILES string of the molecule is c1cc2c(s1)CCCC2NCC1CCC1. The van der Waals surface area contributed by atoms with Gasteiger partial charge in [0, 0.05) is 10.9 Å². The van der Waals surface area contributed by atoms with Crippen LogP contribution in [0.5, 0.6) is 0 Å². The second-order valence-electron chi connectivity index (χ2n) is 4.95. The van der Waals surface area contributed by atoms with E-state index < -0.39 is 0 Å². The van der Waals surface area contributed by atoms with Crippen molar-refractivity contribution in [1.82, 2.24) is 5.32 Å². The Morgan fingerprint density at radius 3 is 3.00 bits per heavy atom. The van der Waals surface area contributed by atoms with Crippen LogP contribution in [0.3, 0.4) is 0 Å². The lowest BCUT2D eigenvalue weighted by molar-refractivity contribution is 0.283. The number of hydrogen-bond acceptors (Lipinski definition) is 2. The molecule has 0 bridgehead atoms. The molecule has 1 saturated carbocycles. The number of nitrogens with one attached hydrogen (secondary N) is 1. The van der Waals surface area contributed by atoms with Gasteiger partial charge in [0.05, 0.1) is 0 Å². The lowest BCUT2D eigenvalue weighted by atomic mass is 9.84.